The molecule has 2 aromatic heterocycles. The molecule has 0 fully saturated rings. The van der Waals surface area contributed by atoms with Crippen molar-refractivity contribution in [1.29, 1.82) is 0 Å². The van der Waals surface area contributed by atoms with Crippen LogP contribution < -0.4 is 10.9 Å². The number of aromatic nitrogens is 2. The third-order valence-corrected chi connectivity index (χ3v) is 7.02. The fourth-order valence-electron chi connectivity index (χ4n) is 2.96. The van der Waals surface area contributed by atoms with Gasteiger partial charge in [-0.05, 0) is 44.9 Å². The summed E-state index contributed by atoms with van der Waals surface area (Å²) in [6, 6.07) is 7.08. The second-order valence-corrected chi connectivity index (χ2v) is 9.23. The van der Waals surface area contributed by atoms with Crippen molar-refractivity contribution < 1.29 is 9.53 Å². The zero-order valence-electron chi connectivity index (χ0n) is 17.2. The van der Waals surface area contributed by atoms with Gasteiger partial charge in [0, 0.05) is 24.6 Å². The number of fused-ring (bicyclic) bond motifs is 1. The number of benzene rings is 1. The lowest BCUT2D eigenvalue weighted by Gasteiger charge is -2.12. The van der Waals surface area contributed by atoms with Crippen molar-refractivity contribution in [3.05, 3.63) is 50.1 Å². The van der Waals surface area contributed by atoms with Gasteiger partial charge in [-0.3, -0.25) is 14.2 Å². The summed E-state index contributed by atoms with van der Waals surface area (Å²) in [5.41, 5.74) is 1.47. The minimum atomic E-state index is -0.207. The number of amides is 1. The molecule has 1 amide bonds. The highest BCUT2D eigenvalue weighted by molar-refractivity contribution is 7.99. The SMILES string of the molecule is CCOCCCn1c(SCC(=O)Nc2ccccc2Cl)nc2sc(C)c(C)c2c1=O. The van der Waals surface area contributed by atoms with Gasteiger partial charge in [-0.1, -0.05) is 35.5 Å². The molecule has 0 bridgehead atoms. The maximum absolute atomic E-state index is 13.2. The van der Waals surface area contributed by atoms with Crippen molar-refractivity contribution in [2.24, 2.45) is 0 Å². The molecule has 0 spiro atoms. The average molecular weight is 466 g/mol. The van der Waals surface area contributed by atoms with E-state index >= 15 is 0 Å². The van der Waals surface area contributed by atoms with Gasteiger partial charge in [0.25, 0.3) is 5.56 Å². The van der Waals surface area contributed by atoms with Gasteiger partial charge in [0.1, 0.15) is 4.83 Å². The number of ether oxygens (including phenoxy) is 1. The third kappa shape index (κ3) is 5.24. The van der Waals surface area contributed by atoms with Crippen LogP contribution in [0.1, 0.15) is 23.8 Å². The smallest absolute Gasteiger partial charge is 0.263 e. The van der Waals surface area contributed by atoms with E-state index in [0.29, 0.717) is 52.3 Å². The predicted octanol–water partition coefficient (Wildman–Crippen LogP) is 4.89. The van der Waals surface area contributed by atoms with E-state index in [0.717, 1.165) is 10.4 Å². The Morgan fingerprint density at radius 1 is 1.33 bits per heavy atom. The van der Waals surface area contributed by atoms with Crippen molar-refractivity contribution in [3.8, 4) is 0 Å². The lowest BCUT2D eigenvalue weighted by Crippen LogP contribution is -2.25. The van der Waals surface area contributed by atoms with Gasteiger partial charge >= 0.3 is 0 Å². The number of rotatable bonds is 9. The fraction of sp³-hybridized carbons (Fsp3) is 0.381. The van der Waals surface area contributed by atoms with E-state index in [1.165, 1.54) is 23.1 Å². The first-order chi connectivity index (χ1) is 14.4. The number of halogens is 1. The second kappa shape index (κ2) is 10.4. The molecular weight excluding hydrogens is 442 g/mol. The maximum Gasteiger partial charge on any atom is 0.263 e. The van der Waals surface area contributed by atoms with E-state index in [4.69, 9.17) is 21.3 Å². The molecule has 0 aliphatic rings. The van der Waals surface area contributed by atoms with E-state index in [2.05, 4.69) is 5.32 Å². The Labute approximate surface area is 188 Å². The van der Waals surface area contributed by atoms with Gasteiger partial charge in [0.05, 0.1) is 21.8 Å². The van der Waals surface area contributed by atoms with Crippen LogP contribution in [0.15, 0.2) is 34.2 Å². The molecule has 6 nitrogen and oxygen atoms in total. The molecule has 0 aliphatic carbocycles. The lowest BCUT2D eigenvalue weighted by molar-refractivity contribution is -0.113. The fourth-order valence-corrected chi connectivity index (χ4v) is 5.04. The molecule has 0 atom stereocenters. The van der Waals surface area contributed by atoms with E-state index in [1.807, 2.05) is 26.8 Å². The van der Waals surface area contributed by atoms with Crippen LogP contribution in [0.3, 0.4) is 0 Å². The highest BCUT2D eigenvalue weighted by Gasteiger charge is 2.18. The number of anilines is 1. The van der Waals surface area contributed by atoms with E-state index in [1.54, 1.807) is 22.8 Å². The van der Waals surface area contributed by atoms with Gasteiger partial charge in [0.2, 0.25) is 5.91 Å². The first-order valence-corrected chi connectivity index (χ1v) is 11.9. The van der Waals surface area contributed by atoms with Crippen LogP contribution in [-0.4, -0.2) is 34.4 Å². The van der Waals surface area contributed by atoms with E-state index in [-0.39, 0.29) is 17.2 Å². The number of thiophene rings is 1. The van der Waals surface area contributed by atoms with Gasteiger partial charge in [-0.2, -0.15) is 0 Å². The van der Waals surface area contributed by atoms with Crippen LogP contribution in [0.4, 0.5) is 5.69 Å². The normalized spacial score (nSPS) is 11.2. The van der Waals surface area contributed by atoms with E-state index < -0.39 is 0 Å². The highest BCUT2D eigenvalue weighted by atomic mass is 35.5. The van der Waals surface area contributed by atoms with Crippen LogP contribution in [0.5, 0.6) is 0 Å². The summed E-state index contributed by atoms with van der Waals surface area (Å²) in [5, 5.41) is 4.49. The summed E-state index contributed by atoms with van der Waals surface area (Å²) >= 11 is 8.86. The first-order valence-electron chi connectivity index (χ1n) is 9.67. The molecule has 3 aromatic rings. The summed E-state index contributed by atoms with van der Waals surface area (Å²) in [7, 11) is 0. The molecule has 0 unspecified atom stereocenters. The molecule has 2 heterocycles. The number of hydrogen-bond acceptors (Lipinski definition) is 6. The zero-order valence-corrected chi connectivity index (χ0v) is 19.5. The van der Waals surface area contributed by atoms with Crippen LogP contribution >= 0.6 is 34.7 Å². The monoisotopic (exact) mass is 465 g/mol. The van der Waals surface area contributed by atoms with Crippen LogP contribution in [0.2, 0.25) is 5.02 Å². The molecule has 1 N–H and O–H groups in total. The molecule has 3 rings (SSSR count). The summed E-state index contributed by atoms with van der Waals surface area (Å²) in [5.74, 6) is -0.0836. The Hall–Kier alpha value is -1.87. The highest BCUT2D eigenvalue weighted by Crippen LogP contribution is 2.28. The first kappa shape index (κ1) is 22.8. The molecule has 30 heavy (non-hydrogen) atoms. The molecule has 9 heteroatoms. The average Bonchev–Trinajstić information content (AvgIpc) is 3.00. The number of carbonyl (C=O) groups is 1. The number of nitrogens with zero attached hydrogens (tertiary/aromatic N) is 2. The quantitative estimate of drug-likeness (QED) is 0.277. The Kier molecular flexibility index (Phi) is 7.93. The van der Waals surface area contributed by atoms with Crippen molar-refractivity contribution in [3.63, 3.8) is 0 Å². The largest absolute Gasteiger partial charge is 0.382 e. The molecule has 0 saturated carbocycles. The topological polar surface area (TPSA) is 73.2 Å². The van der Waals surface area contributed by atoms with Crippen molar-refractivity contribution in [2.75, 3.05) is 24.3 Å². The van der Waals surface area contributed by atoms with Crippen molar-refractivity contribution in [1.82, 2.24) is 9.55 Å². The van der Waals surface area contributed by atoms with Crippen LogP contribution in [-0.2, 0) is 16.1 Å². The molecule has 0 saturated heterocycles. The minimum absolute atomic E-state index is 0.0626. The summed E-state index contributed by atoms with van der Waals surface area (Å²) < 4.78 is 7.07. The Balaban J connectivity index is 1.82. The van der Waals surface area contributed by atoms with Gasteiger partial charge in [0.15, 0.2) is 5.16 Å². The van der Waals surface area contributed by atoms with Crippen LogP contribution in [0.25, 0.3) is 10.2 Å². The molecule has 0 aliphatic heterocycles. The van der Waals surface area contributed by atoms with Crippen LogP contribution in [0, 0.1) is 13.8 Å². The number of carbonyl (C=O) groups excluding carboxylic acids is 1. The summed E-state index contributed by atoms with van der Waals surface area (Å²) in [6.45, 7) is 7.58. The number of aryl methyl sites for hydroxylation is 2. The number of thioether (sulfide) groups is 1. The van der Waals surface area contributed by atoms with Gasteiger partial charge in [-0.15, -0.1) is 11.3 Å². The summed E-state index contributed by atoms with van der Waals surface area (Å²) in [6.07, 6.45) is 0.697. The van der Waals surface area contributed by atoms with Crippen molar-refractivity contribution in [2.45, 2.75) is 38.9 Å². The van der Waals surface area contributed by atoms with Crippen molar-refractivity contribution >= 4 is 56.5 Å². The van der Waals surface area contributed by atoms with E-state index in [9.17, 15) is 9.59 Å². The number of hydrogen-bond donors (Lipinski definition) is 1. The van der Waals surface area contributed by atoms with Gasteiger partial charge < -0.3 is 10.1 Å². The molecule has 1 aromatic carbocycles. The standard InChI is InChI=1S/C21H24ClN3O3S2/c1-4-28-11-7-10-25-20(27)18-13(2)14(3)30-19(18)24-21(25)29-12-17(26)23-16-9-6-5-8-15(16)22/h5-6,8-9H,4,7,10-12H2,1-3H3,(H,23,26). The maximum atomic E-state index is 13.2. The Morgan fingerprint density at radius 3 is 2.83 bits per heavy atom. The lowest BCUT2D eigenvalue weighted by atomic mass is 10.2. The molecule has 160 valence electrons. The number of nitrogens with one attached hydrogen (secondary N) is 1. The summed E-state index contributed by atoms with van der Waals surface area (Å²) in [4.78, 5) is 32.1. The molecule has 0 radical (unpaired) electrons. The Morgan fingerprint density at radius 2 is 2.10 bits per heavy atom. The van der Waals surface area contributed by atoms with Gasteiger partial charge in [-0.25, -0.2) is 4.98 Å². The number of para-hydroxylation sites is 1. The predicted molar refractivity (Wildman–Crippen MR) is 125 cm³/mol. The minimum Gasteiger partial charge on any atom is -0.382 e. The third-order valence-electron chi connectivity index (χ3n) is 4.61. The second-order valence-electron chi connectivity index (χ2n) is 6.68. The zero-order chi connectivity index (χ0) is 21.7. The molecular formula is C21H24ClN3O3S2. The Bertz CT molecular complexity index is 1110.